The standard InChI is InChI=1S/C31H62N2O2/c1-7-8-9-10-11-12-13-14-15-16-17-18-19-20-21-22-23-24-25-26-28(34)32-29(27(2)3)30(35)33-31(4,5)6/h27,29H,7-26H2,1-6H3,(H,32,34)(H,33,35)/t29-/m0/s1/i1D. The number of hydrogen-bond acceptors (Lipinski definition) is 2. The quantitative estimate of drug-likeness (QED) is 0.139. The Bertz CT molecular complexity index is 531. The van der Waals surface area contributed by atoms with Crippen molar-refractivity contribution in [3.8, 4) is 0 Å². The van der Waals surface area contributed by atoms with E-state index in [-0.39, 0.29) is 23.3 Å². The van der Waals surface area contributed by atoms with E-state index in [0.717, 1.165) is 19.3 Å². The first-order valence-corrected chi connectivity index (χ1v) is 15.1. The van der Waals surface area contributed by atoms with Crippen molar-refractivity contribution in [2.24, 2.45) is 5.92 Å². The number of rotatable bonds is 23. The van der Waals surface area contributed by atoms with E-state index in [0.29, 0.717) is 13.3 Å². The highest BCUT2D eigenvalue weighted by atomic mass is 16.2. The van der Waals surface area contributed by atoms with Crippen LogP contribution < -0.4 is 10.6 Å². The highest BCUT2D eigenvalue weighted by Crippen LogP contribution is 2.15. The Morgan fingerprint density at radius 1 is 0.657 bits per heavy atom. The largest absolute Gasteiger partial charge is 0.350 e. The summed E-state index contributed by atoms with van der Waals surface area (Å²) in [5.41, 5.74) is -0.294. The Balaban J connectivity index is 3.50. The van der Waals surface area contributed by atoms with E-state index in [9.17, 15) is 9.59 Å². The van der Waals surface area contributed by atoms with Crippen molar-refractivity contribution in [3.05, 3.63) is 0 Å². The zero-order chi connectivity index (χ0) is 27.1. The first-order chi connectivity index (χ1) is 17.2. The zero-order valence-corrected chi connectivity index (χ0v) is 24.3. The Kier molecular flexibility index (Phi) is 20.2. The molecule has 1 atom stereocenters. The van der Waals surface area contributed by atoms with Gasteiger partial charge in [0, 0.05) is 13.3 Å². The van der Waals surface area contributed by atoms with Crippen LogP contribution in [0.25, 0.3) is 0 Å². The van der Waals surface area contributed by atoms with Gasteiger partial charge in [0.15, 0.2) is 0 Å². The van der Waals surface area contributed by atoms with E-state index in [1.807, 2.05) is 34.6 Å². The SMILES string of the molecule is [2H]CCCCCCCCCCCCCCCCCCCCCC(=O)N[C@H](C(=O)NC(C)(C)C)C(C)C. The van der Waals surface area contributed by atoms with Crippen LogP contribution in [0.15, 0.2) is 0 Å². The fourth-order valence-electron chi connectivity index (χ4n) is 4.52. The van der Waals surface area contributed by atoms with Crippen molar-refractivity contribution >= 4 is 11.8 Å². The summed E-state index contributed by atoms with van der Waals surface area (Å²) in [5.74, 6) is -0.0278. The van der Waals surface area contributed by atoms with Gasteiger partial charge in [0.25, 0.3) is 0 Å². The van der Waals surface area contributed by atoms with Crippen LogP contribution in [0, 0.1) is 5.92 Å². The molecule has 0 spiro atoms. The number of carbonyl (C=O) groups excluding carboxylic acids is 2. The number of unbranched alkanes of at least 4 members (excludes halogenated alkanes) is 18. The molecule has 0 unspecified atom stereocenters. The monoisotopic (exact) mass is 495 g/mol. The van der Waals surface area contributed by atoms with Gasteiger partial charge < -0.3 is 10.6 Å². The molecule has 208 valence electrons. The lowest BCUT2D eigenvalue weighted by atomic mass is 10.0. The molecule has 2 N–H and O–H groups in total. The normalized spacial score (nSPS) is 13.0. The molecule has 2 amide bonds. The fraction of sp³-hybridized carbons (Fsp3) is 0.935. The topological polar surface area (TPSA) is 58.2 Å². The summed E-state index contributed by atoms with van der Waals surface area (Å²) in [6.07, 6.45) is 25.3. The molecular weight excluding hydrogens is 432 g/mol. The third kappa shape index (κ3) is 23.1. The van der Waals surface area contributed by atoms with Crippen LogP contribution in [0.1, 0.15) is 171 Å². The van der Waals surface area contributed by atoms with E-state index in [2.05, 4.69) is 10.6 Å². The average Bonchev–Trinajstić information content (AvgIpc) is 2.79. The zero-order valence-electron chi connectivity index (χ0n) is 25.3. The number of amides is 2. The van der Waals surface area contributed by atoms with Crippen LogP contribution in [0.3, 0.4) is 0 Å². The molecule has 0 saturated heterocycles. The minimum Gasteiger partial charge on any atom is -0.350 e. The summed E-state index contributed by atoms with van der Waals surface area (Å²) in [4.78, 5) is 24.8. The summed E-state index contributed by atoms with van der Waals surface area (Å²) in [6.45, 7) is 10.4. The van der Waals surface area contributed by atoms with Gasteiger partial charge in [0.2, 0.25) is 11.8 Å². The molecule has 0 aliphatic carbocycles. The molecule has 0 aromatic rings. The first kappa shape index (κ1) is 32.0. The highest BCUT2D eigenvalue weighted by Gasteiger charge is 2.26. The maximum atomic E-state index is 12.5. The summed E-state index contributed by atoms with van der Waals surface area (Å²) in [7, 11) is 0. The van der Waals surface area contributed by atoms with Gasteiger partial charge in [-0.25, -0.2) is 0 Å². The first-order valence-electron chi connectivity index (χ1n) is 15.8. The van der Waals surface area contributed by atoms with Gasteiger partial charge >= 0.3 is 0 Å². The lowest BCUT2D eigenvalue weighted by Gasteiger charge is -2.27. The van der Waals surface area contributed by atoms with Crippen molar-refractivity contribution in [1.82, 2.24) is 10.6 Å². The van der Waals surface area contributed by atoms with E-state index in [4.69, 9.17) is 1.37 Å². The van der Waals surface area contributed by atoms with Crippen LogP contribution in [0.2, 0.25) is 0 Å². The minimum atomic E-state index is -0.461. The third-order valence-corrected chi connectivity index (χ3v) is 6.67. The summed E-state index contributed by atoms with van der Waals surface area (Å²) in [6, 6.07) is -0.461. The van der Waals surface area contributed by atoms with Crippen molar-refractivity contribution < 1.29 is 11.0 Å². The molecular formula is C31H62N2O2. The lowest BCUT2D eigenvalue weighted by molar-refractivity contribution is -0.131. The van der Waals surface area contributed by atoms with Gasteiger partial charge in [-0.15, -0.1) is 0 Å². The molecule has 0 rings (SSSR count). The van der Waals surface area contributed by atoms with Gasteiger partial charge in [0.1, 0.15) is 6.04 Å². The molecule has 4 heteroatoms. The van der Waals surface area contributed by atoms with Crippen molar-refractivity contribution in [1.29, 1.82) is 0 Å². The molecule has 0 aromatic carbocycles. The van der Waals surface area contributed by atoms with E-state index < -0.39 is 6.04 Å². The molecule has 0 aromatic heterocycles. The summed E-state index contributed by atoms with van der Waals surface area (Å²) in [5, 5.41) is 5.92. The molecule has 0 aliphatic heterocycles. The molecule has 0 aliphatic rings. The van der Waals surface area contributed by atoms with Gasteiger partial charge in [-0.3, -0.25) is 9.59 Å². The molecule has 4 nitrogen and oxygen atoms in total. The van der Waals surface area contributed by atoms with E-state index in [1.165, 1.54) is 103 Å². The van der Waals surface area contributed by atoms with Gasteiger partial charge in [-0.2, -0.15) is 0 Å². The van der Waals surface area contributed by atoms with E-state index in [1.54, 1.807) is 0 Å². The molecule has 0 bridgehead atoms. The highest BCUT2D eigenvalue weighted by molar-refractivity contribution is 5.88. The molecule has 0 fully saturated rings. The number of carbonyl (C=O) groups is 2. The summed E-state index contributed by atoms with van der Waals surface area (Å²) < 4.78 is 7.15. The molecule has 0 saturated carbocycles. The Morgan fingerprint density at radius 2 is 1.03 bits per heavy atom. The van der Waals surface area contributed by atoms with Crippen LogP contribution >= 0.6 is 0 Å². The number of hydrogen-bond donors (Lipinski definition) is 2. The average molecular weight is 496 g/mol. The van der Waals surface area contributed by atoms with Crippen molar-refractivity contribution in [3.63, 3.8) is 0 Å². The fourth-order valence-corrected chi connectivity index (χ4v) is 4.52. The van der Waals surface area contributed by atoms with Crippen molar-refractivity contribution in [2.45, 2.75) is 182 Å². The van der Waals surface area contributed by atoms with Crippen molar-refractivity contribution in [2.75, 3.05) is 0 Å². The Labute approximate surface area is 221 Å². The van der Waals surface area contributed by atoms with Crippen LogP contribution in [-0.4, -0.2) is 23.4 Å². The maximum Gasteiger partial charge on any atom is 0.243 e. The van der Waals surface area contributed by atoms with Crippen LogP contribution in [0.5, 0.6) is 0 Å². The number of nitrogens with one attached hydrogen (secondary N) is 2. The summed E-state index contributed by atoms with van der Waals surface area (Å²) >= 11 is 0. The van der Waals surface area contributed by atoms with Gasteiger partial charge in [0.05, 0.1) is 0 Å². The van der Waals surface area contributed by atoms with Gasteiger partial charge in [-0.05, 0) is 33.1 Å². The second kappa shape index (κ2) is 22.2. The Hall–Kier alpha value is -1.06. The van der Waals surface area contributed by atoms with Gasteiger partial charge in [-0.1, -0.05) is 136 Å². The molecule has 0 radical (unpaired) electrons. The second-order valence-corrected chi connectivity index (χ2v) is 12.0. The maximum absolute atomic E-state index is 12.5. The smallest absolute Gasteiger partial charge is 0.243 e. The lowest BCUT2D eigenvalue weighted by Crippen LogP contribution is -2.54. The van der Waals surface area contributed by atoms with Crippen LogP contribution in [-0.2, 0) is 9.59 Å². The molecule has 0 heterocycles. The Morgan fingerprint density at radius 3 is 1.37 bits per heavy atom. The second-order valence-electron chi connectivity index (χ2n) is 12.0. The van der Waals surface area contributed by atoms with E-state index >= 15 is 0 Å². The predicted octanol–water partition coefficient (Wildman–Crippen LogP) is 8.86. The predicted molar refractivity (Wildman–Crippen MR) is 153 cm³/mol. The third-order valence-electron chi connectivity index (χ3n) is 6.67. The van der Waals surface area contributed by atoms with Crippen LogP contribution in [0.4, 0.5) is 0 Å². The molecule has 35 heavy (non-hydrogen) atoms. The minimum absolute atomic E-state index is 0.00552.